The fourth-order valence-corrected chi connectivity index (χ4v) is 4.56. The van der Waals surface area contributed by atoms with Crippen LogP contribution in [0.1, 0.15) is 41.6 Å². The van der Waals surface area contributed by atoms with Gasteiger partial charge in [-0.1, -0.05) is 55.0 Å². The number of methoxy groups -OCH3 is 2. The average molecular weight is 502 g/mol. The molecule has 1 saturated heterocycles. The maximum atomic E-state index is 13.3. The predicted molar refractivity (Wildman–Crippen MR) is 141 cm³/mol. The number of hydrogen-bond donors (Lipinski definition) is 1. The van der Waals surface area contributed by atoms with Crippen molar-refractivity contribution in [3.8, 4) is 17.2 Å². The highest BCUT2D eigenvalue weighted by molar-refractivity contribution is 6.46. The first-order valence-corrected chi connectivity index (χ1v) is 12.2. The third-order valence-corrected chi connectivity index (χ3v) is 6.36. The minimum atomic E-state index is -0.796. The van der Waals surface area contributed by atoms with E-state index in [2.05, 4.69) is 0 Å². The maximum Gasteiger partial charge on any atom is 0.295 e. The zero-order valence-corrected chi connectivity index (χ0v) is 21.5. The van der Waals surface area contributed by atoms with E-state index in [0.29, 0.717) is 47.9 Å². The molecule has 0 radical (unpaired) electrons. The molecule has 1 aliphatic rings. The second kappa shape index (κ2) is 11.2. The second-order valence-electron chi connectivity index (χ2n) is 8.88. The molecule has 1 fully saturated rings. The summed E-state index contributed by atoms with van der Waals surface area (Å²) >= 11 is 0. The van der Waals surface area contributed by atoms with Crippen LogP contribution in [0.4, 0.5) is 0 Å². The molecule has 192 valence electrons. The van der Waals surface area contributed by atoms with Gasteiger partial charge in [0.2, 0.25) is 0 Å². The van der Waals surface area contributed by atoms with Crippen molar-refractivity contribution in [1.82, 2.24) is 4.90 Å². The molecule has 0 aliphatic carbocycles. The molecular weight excluding hydrogens is 470 g/mol. The molecule has 4 rings (SSSR count). The highest BCUT2D eigenvalue weighted by Crippen LogP contribution is 2.43. The number of hydrogen-bond acceptors (Lipinski definition) is 6. The van der Waals surface area contributed by atoms with E-state index >= 15 is 0 Å². The van der Waals surface area contributed by atoms with E-state index in [1.807, 2.05) is 50.2 Å². The standard InChI is InChI=1S/C30H31NO6/c1-5-15-31-27(21-12-14-24(36-4)25(17-21)37-18-20-9-7-6-8-10-20)26(29(33)30(31)34)28(32)22-16-19(2)11-13-23(22)35-3/h6-14,16-17,27,32H,5,15,18H2,1-4H3/b28-26+. The first-order chi connectivity index (χ1) is 17.9. The Morgan fingerprint density at radius 1 is 0.919 bits per heavy atom. The fourth-order valence-electron chi connectivity index (χ4n) is 4.56. The Morgan fingerprint density at radius 3 is 2.30 bits per heavy atom. The van der Waals surface area contributed by atoms with Gasteiger partial charge in [0.25, 0.3) is 11.7 Å². The summed E-state index contributed by atoms with van der Waals surface area (Å²) in [7, 11) is 3.05. The fraction of sp³-hybridized carbons (Fsp3) is 0.267. The zero-order chi connectivity index (χ0) is 26.5. The first kappa shape index (κ1) is 25.8. The summed E-state index contributed by atoms with van der Waals surface area (Å²) in [6.07, 6.45) is 0.644. The molecule has 7 nitrogen and oxygen atoms in total. The summed E-state index contributed by atoms with van der Waals surface area (Å²) in [6.45, 7) is 4.48. The molecule has 1 amide bonds. The maximum absolute atomic E-state index is 13.3. The number of aryl methyl sites for hydroxylation is 1. The van der Waals surface area contributed by atoms with Crippen LogP contribution < -0.4 is 14.2 Å². The van der Waals surface area contributed by atoms with Crippen molar-refractivity contribution in [3.63, 3.8) is 0 Å². The average Bonchev–Trinajstić information content (AvgIpc) is 3.17. The van der Waals surface area contributed by atoms with Gasteiger partial charge in [-0.2, -0.15) is 0 Å². The number of ether oxygens (including phenoxy) is 3. The smallest absolute Gasteiger partial charge is 0.295 e. The van der Waals surface area contributed by atoms with Gasteiger partial charge < -0.3 is 24.2 Å². The number of rotatable bonds is 9. The molecule has 0 aromatic heterocycles. The third kappa shape index (κ3) is 5.16. The van der Waals surface area contributed by atoms with Gasteiger partial charge in [-0.15, -0.1) is 0 Å². The van der Waals surface area contributed by atoms with Crippen molar-refractivity contribution in [3.05, 3.63) is 94.6 Å². The Bertz CT molecular complexity index is 1330. The number of ketones is 1. The molecule has 3 aromatic rings. The summed E-state index contributed by atoms with van der Waals surface area (Å²) in [5.74, 6) is -0.258. The van der Waals surface area contributed by atoms with Gasteiger partial charge in [0.05, 0.1) is 31.4 Å². The number of carbonyl (C=O) groups excluding carboxylic acids is 2. The van der Waals surface area contributed by atoms with Crippen LogP contribution in [0.3, 0.4) is 0 Å². The lowest BCUT2D eigenvalue weighted by Gasteiger charge is -2.26. The summed E-state index contributed by atoms with van der Waals surface area (Å²) < 4.78 is 17.0. The quantitative estimate of drug-likeness (QED) is 0.239. The van der Waals surface area contributed by atoms with Crippen molar-refractivity contribution in [2.75, 3.05) is 20.8 Å². The number of aliphatic hydroxyl groups is 1. The van der Waals surface area contributed by atoms with Crippen LogP contribution in [0.25, 0.3) is 5.76 Å². The minimum absolute atomic E-state index is 0.0153. The number of Topliss-reactive ketones (excluding diaryl/α,β-unsaturated/α-hetero) is 1. The molecule has 1 N–H and O–H groups in total. The molecular formula is C30H31NO6. The van der Waals surface area contributed by atoms with Gasteiger partial charge in [0, 0.05) is 6.54 Å². The van der Waals surface area contributed by atoms with Crippen molar-refractivity contribution in [1.29, 1.82) is 0 Å². The molecule has 1 heterocycles. The second-order valence-corrected chi connectivity index (χ2v) is 8.88. The lowest BCUT2D eigenvalue weighted by atomic mass is 9.94. The van der Waals surface area contributed by atoms with Crippen molar-refractivity contribution < 1.29 is 28.9 Å². The molecule has 1 atom stereocenters. The van der Waals surface area contributed by atoms with E-state index < -0.39 is 17.7 Å². The Balaban J connectivity index is 1.83. The van der Waals surface area contributed by atoms with Crippen LogP contribution in [0.15, 0.2) is 72.3 Å². The van der Waals surface area contributed by atoms with E-state index in [1.165, 1.54) is 12.0 Å². The van der Waals surface area contributed by atoms with Crippen LogP contribution in [0, 0.1) is 6.92 Å². The van der Waals surface area contributed by atoms with Crippen LogP contribution in [-0.2, 0) is 16.2 Å². The van der Waals surface area contributed by atoms with Crippen molar-refractivity contribution in [2.45, 2.75) is 32.9 Å². The monoisotopic (exact) mass is 501 g/mol. The molecule has 0 bridgehead atoms. The van der Waals surface area contributed by atoms with Crippen LogP contribution >= 0.6 is 0 Å². The summed E-state index contributed by atoms with van der Waals surface area (Å²) in [5, 5.41) is 11.4. The van der Waals surface area contributed by atoms with E-state index in [0.717, 1.165) is 11.1 Å². The SMILES string of the molecule is CCCN1C(=O)C(=O)/C(=C(/O)c2cc(C)ccc2OC)C1c1ccc(OC)c(OCc2ccccc2)c1. The lowest BCUT2D eigenvalue weighted by molar-refractivity contribution is -0.139. The van der Waals surface area contributed by atoms with Gasteiger partial charge in [-0.3, -0.25) is 9.59 Å². The molecule has 37 heavy (non-hydrogen) atoms. The topological polar surface area (TPSA) is 85.3 Å². The highest BCUT2D eigenvalue weighted by Gasteiger charge is 2.46. The predicted octanol–water partition coefficient (Wildman–Crippen LogP) is 5.42. The normalized spacial score (nSPS) is 16.6. The molecule has 1 unspecified atom stereocenters. The van der Waals surface area contributed by atoms with Gasteiger partial charge in [-0.25, -0.2) is 0 Å². The Labute approximate surface area is 216 Å². The number of benzene rings is 3. The summed E-state index contributed by atoms with van der Waals surface area (Å²) in [4.78, 5) is 27.9. The summed E-state index contributed by atoms with van der Waals surface area (Å²) in [6, 6.07) is 19.5. The van der Waals surface area contributed by atoms with E-state index in [4.69, 9.17) is 14.2 Å². The van der Waals surface area contributed by atoms with Crippen LogP contribution in [-0.4, -0.2) is 42.5 Å². The number of carbonyl (C=O) groups is 2. The van der Waals surface area contributed by atoms with E-state index in [1.54, 1.807) is 37.4 Å². The van der Waals surface area contributed by atoms with Crippen molar-refractivity contribution >= 4 is 17.4 Å². The number of aliphatic hydroxyl groups excluding tert-OH is 1. The molecule has 3 aromatic carbocycles. The van der Waals surface area contributed by atoms with Gasteiger partial charge >= 0.3 is 0 Å². The Hall–Kier alpha value is -4.26. The Kier molecular flexibility index (Phi) is 7.82. The highest BCUT2D eigenvalue weighted by atomic mass is 16.5. The molecule has 0 spiro atoms. The Morgan fingerprint density at radius 2 is 1.62 bits per heavy atom. The van der Waals surface area contributed by atoms with E-state index in [9.17, 15) is 14.7 Å². The van der Waals surface area contributed by atoms with Gasteiger partial charge in [-0.05, 0) is 48.7 Å². The summed E-state index contributed by atoms with van der Waals surface area (Å²) in [5.41, 5.74) is 2.86. The van der Waals surface area contributed by atoms with E-state index in [-0.39, 0.29) is 11.3 Å². The number of nitrogens with zero attached hydrogens (tertiary/aromatic N) is 1. The molecule has 0 saturated carbocycles. The van der Waals surface area contributed by atoms with Gasteiger partial charge in [0.1, 0.15) is 18.1 Å². The van der Waals surface area contributed by atoms with Crippen LogP contribution in [0.5, 0.6) is 17.2 Å². The first-order valence-electron chi connectivity index (χ1n) is 12.2. The van der Waals surface area contributed by atoms with Crippen LogP contribution in [0.2, 0.25) is 0 Å². The largest absolute Gasteiger partial charge is 0.507 e. The van der Waals surface area contributed by atoms with Crippen molar-refractivity contribution in [2.24, 2.45) is 0 Å². The minimum Gasteiger partial charge on any atom is -0.507 e. The number of amides is 1. The number of likely N-dealkylation sites (tertiary alicyclic amines) is 1. The van der Waals surface area contributed by atoms with Gasteiger partial charge in [0.15, 0.2) is 11.5 Å². The zero-order valence-electron chi connectivity index (χ0n) is 21.5. The molecule has 1 aliphatic heterocycles. The lowest BCUT2D eigenvalue weighted by Crippen LogP contribution is -2.30. The third-order valence-electron chi connectivity index (χ3n) is 6.36. The molecule has 7 heteroatoms.